The van der Waals surface area contributed by atoms with Crippen molar-refractivity contribution >= 4 is 28.6 Å². The second-order valence-electron chi connectivity index (χ2n) is 12.0. The molecule has 9 heteroatoms. The van der Waals surface area contributed by atoms with Gasteiger partial charge in [-0.05, 0) is 49.9 Å². The van der Waals surface area contributed by atoms with Gasteiger partial charge in [0.1, 0.15) is 6.54 Å². The molecule has 4 fully saturated rings. The lowest BCUT2D eigenvalue weighted by atomic mass is 9.72. The number of nitrogens with one attached hydrogen (secondary N) is 2. The smallest absolute Gasteiger partial charge is 0.278 e. The number of likely N-dealkylation sites (N-methyl/N-ethyl adjacent to an activating group) is 1. The summed E-state index contributed by atoms with van der Waals surface area (Å²) in [6.45, 7) is 5.17. The fourth-order valence-corrected chi connectivity index (χ4v) is 7.74. The zero-order valence-corrected chi connectivity index (χ0v) is 21.7. The molecule has 4 saturated heterocycles. The number of nitrogens with zero attached hydrogens (tertiary/aromatic N) is 3. The summed E-state index contributed by atoms with van der Waals surface area (Å²) >= 11 is 0. The second-order valence-corrected chi connectivity index (χ2v) is 12.0. The van der Waals surface area contributed by atoms with Crippen LogP contribution in [-0.4, -0.2) is 88.1 Å². The van der Waals surface area contributed by atoms with Crippen LogP contribution < -0.4 is 5.32 Å². The minimum absolute atomic E-state index is 0.0171. The highest BCUT2D eigenvalue weighted by molar-refractivity contribution is 5.96. The van der Waals surface area contributed by atoms with Gasteiger partial charge in [-0.2, -0.15) is 0 Å². The molecule has 2 N–H and O–H groups in total. The first-order chi connectivity index (χ1) is 17.8. The lowest BCUT2D eigenvalue weighted by Gasteiger charge is -2.45. The number of fused-ring (bicyclic) bond motifs is 5. The molecule has 0 radical (unpaired) electrons. The number of likely N-dealkylation sites (tertiary alicyclic amines) is 1. The van der Waals surface area contributed by atoms with Crippen molar-refractivity contribution in [1.29, 1.82) is 0 Å². The number of amides is 3. The second kappa shape index (κ2) is 8.04. The van der Waals surface area contributed by atoms with E-state index in [1.807, 2.05) is 18.7 Å². The number of aromatic nitrogens is 1. The Hall–Kier alpha value is -2.91. The highest BCUT2D eigenvalue weighted by atomic mass is 16.6. The van der Waals surface area contributed by atoms with Gasteiger partial charge in [-0.15, -0.1) is 0 Å². The van der Waals surface area contributed by atoms with Gasteiger partial charge in [0.05, 0.1) is 12.0 Å². The third kappa shape index (κ3) is 3.19. The van der Waals surface area contributed by atoms with Crippen LogP contribution in [0.5, 0.6) is 0 Å². The summed E-state index contributed by atoms with van der Waals surface area (Å²) in [6.07, 6.45) is 5.04. The molecule has 196 valence electrons. The maximum atomic E-state index is 13.9. The molecule has 0 saturated carbocycles. The van der Waals surface area contributed by atoms with Gasteiger partial charge < -0.3 is 29.7 Å². The Bertz CT molecular complexity index is 1300. The first-order valence-electron chi connectivity index (χ1n) is 13.7. The van der Waals surface area contributed by atoms with Crippen LogP contribution in [0.2, 0.25) is 0 Å². The first-order valence-corrected chi connectivity index (χ1v) is 13.7. The minimum atomic E-state index is -1.45. The van der Waals surface area contributed by atoms with Gasteiger partial charge >= 0.3 is 0 Å². The molecule has 3 amide bonds. The van der Waals surface area contributed by atoms with Crippen molar-refractivity contribution in [2.45, 2.75) is 69.5 Å². The third-order valence-corrected chi connectivity index (χ3v) is 9.67. The number of hydrogen-bond donors (Lipinski definition) is 2. The van der Waals surface area contributed by atoms with E-state index in [9.17, 15) is 14.4 Å². The number of piperidine rings is 1. The molecule has 9 nitrogen and oxygen atoms in total. The average molecular weight is 506 g/mol. The van der Waals surface area contributed by atoms with E-state index >= 15 is 0 Å². The Balaban J connectivity index is 1.16. The topological polar surface area (TPSA) is 98.0 Å². The minimum Gasteiger partial charge on any atom is -0.361 e. The average Bonchev–Trinajstić information content (AvgIpc) is 3.59. The molecule has 1 aromatic heterocycles. The van der Waals surface area contributed by atoms with Crippen LogP contribution in [0, 0.1) is 11.8 Å². The Labute approximate surface area is 216 Å². The Morgan fingerprint density at radius 2 is 2.05 bits per heavy atom. The zero-order chi connectivity index (χ0) is 25.6. The Morgan fingerprint density at radius 1 is 1.22 bits per heavy atom. The van der Waals surface area contributed by atoms with Crippen molar-refractivity contribution in [1.82, 2.24) is 25.0 Å². The Morgan fingerprint density at radius 3 is 2.86 bits per heavy atom. The summed E-state index contributed by atoms with van der Waals surface area (Å²) in [7, 11) is 2.10. The van der Waals surface area contributed by atoms with Gasteiger partial charge in [0.15, 0.2) is 6.23 Å². The molecule has 1 aliphatic carbocycles. The van der Waals surface area contributed by atoms with E-state index in [-0.39, 0.29) is 48.1 Å². The van der Waals surface area contributed by atoms with Gasteiger partial charge in [-0.3, -0.25) is 14.4 Å². The van der Waals surface area contributed by atoms with Gasteiger partial charge in [-0.1, -0.05) is 26.0 Å². The van der Waals surface area contributed by atoms with Crippen molar-refractivity contribution < 1.29 is 19.1 Å². The fourth-order valence-electron chi connectivity index (χ4n) is 7.74. The molecule has 1 aromatic carbocycles. The van der Waals surface area contributed by atoms with Crippen LogP contribution in [0.4, 0.5) is 0 Å². The molecule has 2 aromatic rings. The number of carbonyl (C=O) groups is 3. The normalized spacial score (nSPS) is 35.2. The van der Waals surface area contributed by atoms with Crippen LogP contribution >= 0.6 is 0 Å². The summed E-state index contributed by atoms with van der Waals surface area (Å²) in [5, 5.41) is 4.40. The number of carbonyl (C=O) groups excluding carboxylic acids is 3. The van der Waals surface area contributed by atoms with Gasteiger partial charge in [-0.25, -0.2) is 0 Å². The standard InChI is InChI=1S/C28H35N5O4/c1-15(2)28(27(36)33-14-23(34)32-9-5-8-21(32)26(33)37-28)30-25(35)17-10-19-18-6-4-7-20-24(18)16(12-29-20)11-22(19)31(3)13-17/h4,6-7,12,15,17,19,21-22,26,29H,5,8-11,13-14H2,1-3H3,(H,30,35)/t17-,19?,21+,22-,26?,28-/m1/s1. The Kier molecular flexibility index (Phi) is 5.05. The van der Waals surface area contributed by atoms with Gasteiger partial charge in [0, 0.05) is 48.1 Å². The summed E-state index contributed by atoms with van der Waals surface area (Å²) in [6, 6.07) is 6.61. The van der Waals surface area contributed by atoms with Gasteiger partial charge in [0.2, 0.25) is 17.5 Å². The lowest BCUT2D eigenvalue weighted by molar-refractivity contribution is -0.166. The van der Waals surface area contributed by atoms with Crippen molar-refractivity contribution in [2.24, 2.45) is 11.8 Å². The lowest BCUT2D eigenvalue weighted by Crippen LogP contribution is -2.62. The molecular formula is C28H35N5O4. The number of hydrogen-bond acceptors (Lipinski definition) is 5. The maximum Gasteiger partial charge on any atom is 0.278 e. The molecule has 2 unspecified atom stereocenters. The van der Waals surface area contributed by atoms with Crippen LogP contribution in [0.3, 0.4) is 0 Å². The number of rotatable bonds is 3. The van der Waals surface area contributed by atoms with Crippen molar-refractivity contribution in [3.8, 4) is 0 Å². The van der Waals surface area contributed by atoms with E-state index in [1.54, 1.807) is 4.90 Å². The van der Waals surface area contributed by atoms with E-state index in [0.717, 1.165) is 31.2 Å². The summed E-state index contributed by atoms with van der Waals surface area (Å²) in [5.41, 5.74) is 2.35. The van der Waals surface area contributed by atoms with E-state index in [4.69, 9.17) is 4.74 Å². The molecule has 0 bridgehead atoms. The van der Waals surface area contributed by atoms with Crippen LogP contribution in [0.1, 0.15) is 50.2 Å². The predicted molar refractivity (Wildman–Crippen MR) is 136 cm³/mol. The molecule has 0 spiro atoms. The molecule has 37 heavy (non-hydrogen) atoms. The van der Waals surface area contributed by atoms with E-state index in [2.05, 4.69) is 46.6 Å². The number of aromatic amines is 1. The summed E-state index contributed by atoms with van der Waals surface area (Å²) < 4.78 is 6.50. The predicted octanol–water partition coefficient (Wildman–Crippen LogP) is 1.79. The molecule has 5 heterocycles. The van der Waals surface area contributed by atoms with E-state index in [1.165, 1.54) is 16.5 Å². The third-order valence-electron chi connectivity index (χ3n) is 9.67. The number of ether oxygens (including phenoxy) is 1. The van der Waals surface area contributed by atoms with Crippen molar-refractivity contribution in [2.75, 3.05) is 26.7 Å². The first kappa shape index (κ1) is 23.2. The summed E-state index contributed by atoms with van der Waals surface area (Å²) in [5.74, 6) is -0.767. The SMILES string of the molecule is CC(C)[C@@]1(NC(=O)[C@@H]2CC3c4cccc5[nH]cc(c45)C[C@H]3N(C)C2)OC2[C@@H]3CCCN3C(=O)CN2C1=O. The fraction of sp³-hybridized carbons (Fsp3) is 0.607. The number of benzene rings is 1. The highest BCUT2D eigenvalue weighted by Gasteiger charge is 2.62. The number of H-pyrrole nitrogens is 1. The van der Waals surface area contributed by atoms with Crippen LogP contribution in [-0.2, 0) is 25.5 Å². The van der Waals surface area contributed by atoms with E-state index in [0.29, 0.717) is 19.1 Å². The molecular weight excluding hydrogens is 470 g/mol. The highest BCUT2D eigenvalue weighted by Crippen LogP contribution is 2.45. The maximum absolute atomic E-state index is 13.9. The van der Waals surface area contributed by atoms with Crippen LogP contribution in [0.15, 0.2) is 24.4 Å². The molecule has 4 aliphatic heterocycles. The van der Waals surface area contributed by atoms with Gasteiger partial charge in [0.25, 0.3) is 5.91 Å². The van der Waals surface area contributed by atoms with Crippen molar-refractivity contribution in [3.63, 3.8) is 0 Å². The monoisotopic (exact) mass is 505 g/mol. The van der Waals surface area contributed by atoms with Crippen molar-refractivity contribution in [3.05, 3.63) is 35.5 Å². The quantitative estimate of drug-likeness (QED) is 0.663. The van der Waals surface area contributed by atoms with E-state index < -0.39 is 12.0 Å². The largest absolute Gasteiger partial charge is 0.361 e. The number of piperazine rings is 1. The summed E-state index contributed by atoms with van der Waals surface area (Å²) in [4.78, 5) is 49.5. The molecule has 7 rings (SSSR count). The zero-order valence-electron chi connectivity index (χ0n) is 21.7. The molecule has 5 aliphatic rings. The molecule has 6 atom stereocenters. The van der Waals surface area contributed by atoms with Crippen LogP contribution in [0.25, 0.3) is 10.9 Å².